The highest BCUT2D eigenvalue weighted by molar-refractivity contribution is 6.89. The molecule has 3 rings (SSSR count). The molecule has 0 fully saturated rings. The SMILES string of the molecule is C[Si](C)(Cc1[c]cccc1-c1cocn1)c1ccccc1. The molecule has 2 nitrogen and oxygen atoms in total. The second-order valence-electron chi connectivity index (χ2n) is 5.86. The van der Waals surface area contributed by atoms with Crippen molar-refractivity contribution in [2.24, 2.45) is 0 Å². The van der Waals surface area contributed by atoms with E-state index in [1.165, 1.54) is 17.1 Å². The lowest BCUT2D eigenvalue weighted by Gasteiger charge is -2.24. The topological polar surface area (TPSA) is 26.0 Å². The average molecular weight is 292 g/mol. The number of aromatic nitrogens is 1. The lowest BCUT2D eigenvalue weighted by atomic mass is 10.1. The van der Waals surface area contributed by atoms with Crippen molar-refractivity contribution in [2.45, 2.75) is 19.1 Å². The van der Waals surface area contributed by atoms with E-state index in [4.69, 9.17) is 4.42 Å². The van der Waals surface area contributed by atoms with Gasteiger partial charge < -0.3 is 4.42 Å². The molecule has 3 aromatic rings. The molecule has 0 bridgehead atoms. The minimum Gasteiger partial charge on any atom is -0.451 e. The third-order valence-electron chi connectivity index (χ3n) is 3.82. The summed E-state index contributed by atoms with van der Waals surface area (Å²) >= 11 is 0. The van der Waals surface area contributed by atoms with Crippen LogP contribution in [-0.4, -0.2) is 13.1 Å². The first kappa shape index (κ1) is 13.8. The van der Waals surface area contributed by atoms with Crippen LogP contribution in [0.3, 0.4) is 0 Å². The lowest BCUT2D eigenvalue weighted by Crippen LogP contribution is -2.44. The van der Waals surface area contributed by atoms with Crippen LogP contribution in [0.4, 0.5) is 0 Å². The van der Waals surface area contributed by atoms with Gasteiger partial charge in [0.1, 0.15) is 12.0 Å². The standard InChI is InChI=1S/C18H18NOSi/c1-21(2,16-9-4-3-5-10-16)13-15-8-6-7-11-17(15)18-12-20-14-19-18/h3-7,9-12,14H,13H2,1-2H3. The summed E-state index contributed by atoms with van der Waals surface area (Å²) in [5.41, 5.74) is 3.24. The molecular formula is C18H18NOSi. The zero-order valence-corrected chi connectivity index (χ0v) is 13.3. The van der Waals surface area contributed by atoms with Crippen molar-refractivity contribution in [3.8, 4) is 11.3 Å². The lowest BCUT2D eigenvalue weighted by molar-refractivity contribution is 0.558. The van der Waals surface area contributed by atoms with Gasteiger partial charge in [0.05, 0.1) is 8.07 Å². The summed E-state index contributed by atoms with van der Waals surface area (Å²) < 4.78 is 5.12. The van der Waals surface area contributed by atoms with Gasteiger partial charge in [-0.25, -0.2) is 4.98 Å². The van der Waals surface area contributed by atoms with Gasteiger partial charge >= 0.3 is 0 Å². The van der Waals surface area contributed by atoms with Crippen molar-refractivity contribution in [1.29, 1.82) is 0 Å². The molecule has 0 aliphatic carbocycles. The van der Waals surface area contributed by atoms with Crippen LogP contribution in [0.5, 0.6) is 0 Å². The Kier molecular flexibility index (Phi) is 3.75. The Hall–Kier alpha value is -2.13. The molecule has 105 valence electrons. The fourth-order valence-electron chi connectivity index (χ4n) is 2.64. The highest BCUT2D eigenvalue weighted by atomic mass is 28.3. The van der Waals surface area contributed by atoms with Crippen molar-refractivity contribution >= 4 is 13.3 Å². The fourth-order valence-corrected chi connectivity index (χ4v) is 5.11. The second-order valence-corrected chi connectivity index (χ2v) is 10.6. The quantitative estimate of drug-likeness (QED) is 0.683. The largest absolute Gasteiger partial charge is 0.451 e. The third-order valence-corrected chi connectivity index (χ3v) is 6.96. The molecule has 0 aliphatic rings. The predicted octanol–water partition coefficient (Wildman–Crippen LogP) is 3.84. The van der Waals surface area contributed by atoms with E-state index in [1.807, 2.05) is 12.1 Å². The first-order chi connectivity index (χ1) is 10.2. The van der Waals surface area contributed by atoms with E-state index < -0.39 is 8.07 Å². The Morgan fingerprint density at radius 3 is 2.62 bits per heavy atom. The summed E-state index contributed by atoms with van der Waals surface area (Å²) in [5, 5.41) is 1.47. The van der Waals surface area contributed by atoms with Gasteiger partial charge in [0, 0.05) is 5.56 Å². The van der Waals surface area contributed by atoms with E-state index in [0.29, 0.717) is 0 Å². The van der Waals surface area contributed by atoms with Crippen molar-refractivity contribution in [3.63, 3.8) is 0 Å². The van der Waals surface area contributed by atoms with E-state index in [2.05, 4.69) is 60.5 Å². The van der Waals surface area contributed by atoms with Crippen LogP contribution in [-0.2, 0) is 6.04 Å². The van der Waals surface area contributed by atoms with Gasteiger partial charge in [-0.05, 0) is 17.7 Å². The van der Waals surface area contributed by atoms with Gasteiger partial charge in [0.15, 0.2) is 6.39 Å². The van der Waals surface area contributed by atoms with Crippen LogP contribution in [0, 0.1) is 6.07 Å². The first-order valence-electron chi connectivity index (χ1n) is 7.10. The molecule has 0 N–H and O–H groups in total. The molecule has 0 saturated carbocycles. The number of nitrogens with zero attached hydrogens (tertiary/aromatic N) is 1. The van der Waals surface area contributed by atoms with Crippen molar-refractivity contribution in [1.82, 2.24) is 4.98 Å². The Morgan fingerprint density at radius 1 is 1.10 bits per heavy atom. The molecule has 0 amide bonds. The second kappa shape index (κ2) is 5.70. The molecule has 1 heterocycles. The number of rotatable bonds is 4. The molecule has 0 saturated heterocycles. The molecule has 3 heteroatoms. The van der Waals surface area contributed by atoms with Gasteiger partial charge in [-0.15, -0.1) is 0 Å². The van der Waals surface area contributed by atoms with Gasteiger partial charge in [0.2, 0.25) is 0 Å². The highest BCUT2D eigenvalue weighted by Gasteiger charge is 2.25. The molecule has 0 atom stereocenters. The fraction of sp³-hybridized carbons (Fsp3) is 0.167. The van der Waals surface area contributed by atoms with E-state index in [0.717, 1.165) is 17.3 Å². The van der Waals surface area contributed by atoms with E-state index >= 15 is 0 Å². The maximum Gasteiger partial charge on any atom is 0.181 e. The van der Waals surface area contributed by atoms with Crippen LogP contribution in [0.25, 0.3) is 11.3 Å². The number of benzene rings is 2. The summed E-state index contributed by atoms with van der Waals surface area (Å²) in [4.78, 5) is 4.28. The van der Waals surface area contributed by atoms with Crippen molar-refractivity contribution in [2.75, 3.05) is 0 Å². The molecule has 0 aliphatic heterocycles. The monoisotopic (exact) mass is 292 g/mol. The van der Waals surface area contributed by atoms with Crippen LogP contribution in [0.15, 0.2) is 65.6 Å². The van der Waals surface area contributed by atoms with Gasteiger partial charge in [-0.3, -0.25) is 0 Å². The maximum absolute atomic E-state index is 5.12. The Labute approximate surface area is 126 Å². The van der Waals surface area contributed by atoms with E-state index in [-0.39, 0.29) is 0 Å². The third kappa shape index (κ3) is 2.98. The average Bonchev–Trinajstić information content (AvgIpc) is 3.02. The summed E-state index contributed by atoms with van der Waals surface area (Å²) in [5.74, 6) is 0. The zero-order valence-electron chi connectivity index (χ0n) is 12.3. The molecule has 21 heavy (non-hydrogen) atoms. The molecule has 2 aromatic carbocycles. The Balaban J connectivity index is 1.96. The Morgan fingerprint density at radius 2 is 1.90 bits per heavy atom. The van der Waals surface area contributed by atoms with Gasteiger partial charge in [0.25, 0.3) is 0 Å². The highest BCUT2D eigenvalue weighted by Crippen LogP contribution is 2.24. The summed E-state index contributed by atoms with van der Waals surface area (Å²) in [6.07, 6.45) is 3.18. The minimum absolute atomic E-state index is 0.889. The normalized spacial score (nSPS) is 11.5. The van der Waals surface area contributed by atoms with Gasteiger partial charge in [-0.2, -0.15) is 0 Å². The first-order valence-corrected chi connectivity index (χ1v) is 10.3. The van der Waals surface area contributed by atoms with Crippen LogP contribution < -0.4 is 5.19 Å². The van der Waals surface area contributed by atoms with E-state index in [1.54, 1.807) is 6.26 Å². The van der Waals surface area contributed by atoms with Crippen LogP contribution in [0.2, 0.25) is 13.1 Å². The molecule has 0 unspecified atom stereocenters. The van der Waals surface area contributed by atoms with Crippen LogP contribution in [0.1, 0.15) is 5.56 Å². The Bertz CT molecular complexity index is 705. The van der Waals surface area contributed by atoms with Crippen molar-refractivity contribution in [3.05, 3.63) is 72.8 Å². The smallest absolute Gasteiger partial charge is 0.181 e. The molecular weight excluding hydrogens is 274 g/mol. The number of hydrogen-bond acceptors (Lipinski definition) is 2. The number of hydrogen-bond donors (Lipinski definition) is 0. The predicted molar refractivity (Wildman–Crippen MR) is 88.0 cm³/mol. The molecule has 0 spiro atoms. The zero-order chi connectivity index (χ0) is 14.7. The summed E-state index contributed by atoms with van der Waals surface area (Å²) in [6, 6.07) is 21.3. The summed E-state index contributed by atoms with van der Waals surface area (Å²) in [6.45, 7) is 4.80. The van der Waals surface area contributed by atoms with Gasteiger partial charge in [-0.1, -0.05) is 66.8 Å². The van der Waals surface area contributed by atoms with Crippen LogP contribution >= 0.6 is 0 Å². The minimum atomic E-state index is -1.55. The van der Waals surface area contributed by atoms with E-state index in [9.17, 15) is 0 Å². The molecule has 1 aromatic heterocycles. The van der Waals surface area contributed by atoms with Crippen molar-refractivity contribution < 1.29 is 4.42 Å². The summed E-state index contributed by atoms with van der Waals surface area (Å²) in [7, 11) is -1.55. The molecule has 1 radical (unpaired) electrons. The number of oxazole rings is 1. The maximum atomic E-state index is 5.12.